The summed E-state index contributed by atoms with van der Waals surface area (Å²) in [6.45, 7) is 14.7. The maximum absolute atomic E-state index is 12.1. The molecule has 27 nitrogen and oxygen atoms in total. The van der Waals surface area contributed by atoms with Crippen molar-refractivity contribution in [2.45, 2.75) is 111 Å². The Bertz CT molecular complexity index is 4140. The first-order valence-corrected chi connectivity index (χ1v) is 29.6. The van der Waals surface area contributed by atoms with E-state index in [1.54, 1.807) is 108 Å². The molecule has 2 aliphatic heterocycles. The van der Waals surface area contributed by atoms with Gasteiger partial charge in [0.1, 0.15) is 5.57 Å². The topological polar surface area (TPSA) is 377 Å². The lowest BCUT2D eigenvalue weighted by molar-refractivity contribution is -0.224. The predicted molar refractivity (Wildman–Crippen MR) is 358 cm³/mol. The summed E-state index contributed by atoms with van der Waals surface area (Å²) in [5.74, 6) is 15.6. The van der Waals surface area contributed by atoms with Crippen LogP contribution in [0, 0.1) is 47.4 Å². The molecule has 3 atom stereocenters. The van der Waals surface area contributed by atoms with Crippen molar-refractivity contribution in [3.63, 3.8) is 0 Å². The molecule has 6 aromatic heterocycles. The van der Waals surface area contributed by atoms with Gasteiger partial charge in [-0.05, 0) is 81.1 Å². The summed E-state index contributed by atoms with van der Waals surface area (Å²) < 4.78 is 44.6. The van der Waals surface area contributed by atoms with E-state index in [0.717, 1.165) is 17.4 Å². The van der Waals surface area contributed by atoms with Crippen molar-refractivity contribution >= 4 is 59.7 Å². The van der Waals surface area contributed by atoms with Crippen LogP contribution in [0.15, 0.2) is 131 Å². The van der Waals surface area contributed by atoms with E-state index in [0.29, 0.717) is 52.4 Å². The second-order valence-electron chi connectivity index (χ2n) is 20.7. The number of esters is 5. The predicted octanol–water partition coefficient (Wildman–Crippen LogP) is 7.98. The van der Waals surface area contributed by atoms with E-state index in [9.17, 15) is 47.9 Å². The van der Waals surface area contributed by atoms with Crippen molar-refractivity contribution in [3.05, 3.63) is 175 Å². The summed E-state index contributed by atoms with van der Waals surface area (Å²) >= 11 is 0. The Hall–Kier alpha value is -12.6. The quantitative estimate of drug-likeness (QED) is 0.0168. The Balaban J connectivity index is 0.000000313. The van der Waals surface area contributed by atoms with Crippen LogP contribution in [-0.4, -0.2) is 135 Å². The Labute approximate surface area is 570 Å². The SMILES string of the molecule is CC#CC(=C1C(=O)OC(C)(C)OC1=O)c1ccc(OC)nc1.CC#CC(CC(=O)O)c1ccc(=O)[nH]c1.CC#CC(CC(=O)O)c1ccc(OC)nc1.CC#CC(CC(=O)OCC)c1ccc(=O)[nH]c1.COc1ccc(C=C2C(=O)OC(C)(C)OC2=O)cn1.COc1ccc(C=O)cn1. The molecule has 0 bridgehead atoms. The van der Waals surface area contributed by atoms with Crippen LogP contribution in [0.5, 0.6) is 23.5 Å². The molecule has 0 amide bonds. The van der Waals surface area contributed by atoms with Gasteiger partial charge in [-0.3, -0.25) is 28.8 Å². The number of aromatic amines is 2. The Morgan fingerprint density at radius 1 is 0.515 bits per heavy atom. The third-order valence-corrected chi connectivity index (χ3v) is 12.5. The van der Waals surface area contributed by atoms with Crippen molar-refractivity contribution < 1.29 is 91.2 Å². The van der Waals surface area contributed by atoms with Gasteiger partial charge in [0.25, 0.3) is 11.6 Å². The number of nitrogens with one attached hydrogen (secondary N) is 2. The molecule has 4 N–H and O–H groups in total. The summed E-state index contributed by atoms with van der Waals surface area (Å²) in [4.78, 5) is 133. The number of cyclic esters (lactones) is 4. The minimum atomic E-state index is -1.29. The summed E-state index contributed by atoms with van der Waals surface area (Å²) in [5, 5.41) is 17.4. The molecule has 0 aliphatic carbocycles. The highest BCUT2D eigenvalue weighted by Gasteiger charge is 2.41. The maximum Gasteiger partial charge on any atom is 0.350 e. The second-order valence-corrected chi connectivity index (χ2v) is 20.7. The van der Waals surface area contributed by atoms with Crippen LogP contribution >= 0.6 is 0 Å². The molecule has 0 saturated carbocycles. The molecule has 2 aliphatic rings. The van der Waals surface area contributed by atoms with Gasteiger partial charge in [0.2, 0.25) is 34.6 Å². The molecule has 99 heavy (non-hydrogen) atoms. The van der Waals surface area contributed by atoms with Crippen molar-refractivity contribution in [2.75, 3.05) is 35.0 Å². The molecular weight excluding hydrogens is 1280 g/mol. The molecule has 2 fully saturated rings. The number of carboxylic acids is 2. The van der Waals surface area contributed by atoms with Crippen LogP contribution in [0.2, 0.25) is 0 Å². The van der Waals surface area contributed by atoms with Crippen LogP contribution in [0.4, 0.5) is 0 Å². The number of carboxylic acid groups (broad SMARTS) is 2. The lowest BCUT2D eigenvalue weighted by atomic mass is 9.98. The molecular formula is C72H74N6O21. The number of nitrogens with zero attached hydrogens (tertiary/aromatic N) is 4. The molecule has 2 saturated heterocycles. The third-order valence-electron chi connectivity index (χ3n) is 12.5. The Morgan fingerprint density at radius 2 is 0.909 bits per heavy atom. The van der Waals surface area contributed by atoms with Gasteiger partial charge in [-0.15, -0.1) is 23.7 Å². The van der Waals surface area contributed by atoms with Gasteiger partial charge < -0.3 is 62.8 Å². The van der Waals surface area contributed by atoms with Gasteiger partial charge in [0, 0.05) is 112 Å². The number of methoxy groups -OCH3 is 4. The fourth-order valence-electron chi connectivity index (χ4n) is 8.05. The molecule has 8 heterocycles. The van der Waals surface area contributed by atoms with Crippen molar-refractivity contribution in [1.29, 1.82) is 0 Å². The van der Waals surface area contributed by atoms with Crippen molar-refractivity contribution in [1.82, 2.24) is 29.9 Å². The van der Waals surface area contributed by atoms with Gasteiger partial charge in [-0.1, -0.05) is 41.9 Å². The molecule has 27 heteroatoms. The average molecular weight is 1360 g/mol. The molecule has 3 unspecified atom stereocenters. The van der Waals surface area contributed by atoms with Crippen LogP contribution in [0.25, 0.3) is 11.6 Å². The molecule has 6 aromatic rings. The van der Waals surface area contributed by atoms with E-state index in [-0.39, 0.29) is 70.8 Å². The summed E-state index contributed by atoms with van der Waals surface area (Å²) in [5.41, 5.74) is 3.38. The molecule has 0 spiro atoms. The number of hydrogen-bond donors (Lipinski definition) is 4. The first-order valence-electron chi connectivity index (χ1n) is 29.6. The monoisotopic (exact) mass is 1360 g/mol. The van der Waals surface area contributed by atoms with Crippen molar-refractivity contribution in [2.24, 2.45) is 0 Å². The van der Waals surface area contributed by atoms with Crippen LogP contribution in [0.1, 0.15) is 138 Å². The number of ether oxygens (including phenoxy) is 9. The van der Waals surface area contributed by atoms with Gasteiger partial charge in [0.15, 0.2) is 11.9 Å². The highest BCUT2D eigenvalue weighted by atomic mass is 16.8. The first kappa shape index (κ1) is 80.6. The van der Waals surface area contributed by atoms with Gasteiger partial charge in [-0.2, -0.15) is 0 Å². The fraction of sp³-hybridized carbons (Fsp3) is 0.306. The lowest BCUT2D eigenvalue weighted by Crippen LogP contribution is -2.42. The van der Waals surface area contributed by atoms with E-state index in [2.05, 4.69) is 77.3 Å². The van der Waals surface area contributed by atoms with Crippen LogP contribution in [-0.2, 0) is 57.2 Å². The number of carbonyl (C=O) groups excluding carboxylic acids is 6. The zero-order valence-corrected chi connectivity index (χ0v) is 56.5. The highest BCUT2D eigenvalue weighted by molar-refractivity contribution is 6.23. The van der Waals surface area contributed by atoms with E-state index < -0.39 is 47.4 Å². The number of rotatable bonds is 17. The fourth-order valence-corrected chi connectivity index (χ4v) is 8.05. The highest BCUT2D eigenvalue weighted by Crippen LogP contribution is 2.30. The summed E-state index contributed by atoms with van der Waals surface area (Å²) in [7, 11) is 6.05. The normalized spacial score (nSPS) is 13.3. The molecule has 518 valence electrons. The van der Waals surface area contributed by atoms with Gasteiger partial charge >= 0.3 is 41.8 Å². The second kappa shape index (κ2) is 41.3. The standard InChI is InChI=1S/C16H15NO5.C13H13NO5.C13H15NO3.C12H13NO3.C11H11NO3.C7H7NO2/c1-5-6-11(10-7-8-12(20-4)17-9-10)13-14(18)21-16(2,3)22-15(13)19;1-13(2)18-11(15)9(12(16)19-13)6-8-4-5-10(17-3)14-7-8;1-3-5-10(8-13(16)17-4-2)11-6-7-12(15)14-9-11;1-3-4-9(7-12(14)15)10-5-6-11(16-2)13-8-10;1-2-3-8(6-11(14)15)9-4-5-10(13)12-7-9;1-10-7-3-2-6(5-9)4-8-7/h7-9H,1-4H3;4-7H,1-3H3;6-7,9-10H,4,8H2,1-2H3,(H,14,15);5-6,8-9H,7H2,1-2H3,(H,14,15);4-5,7-8H,6H2,1H3,(H,12,13)(H,14,15);2-5H,1H3. The molecule has 0 aromatic carbocycles. The summed E-state index contributed by atoms with van der Waals surface area (Å²) in [6, 6.07) is 19.4. The van der Waals surface area contributed by atoms with Crippen LogP contribution < -0.4 is 30.1 Å². The van der Waals surface area contributed by atoms with E-state index in [1.807, 2.05) is 0 Å². The van der Waals surface area contributed by atoms with E-state index >= 15 is 0 Å². The van der Waals surface area contributed by atoms with Gasteiger partial charge in [-0.25, -0.2) is 39.1 Å². The number of pyridine rings is 6. The third kappa shape index (κ3) is 28.5. The number of aldehydes is 1. The minimum absolute atomic E-state index is 0.0190. The number of aliphatic carboxylic acids is 2. The number of aromatic nitrogens is 6. The Morgan fingerprint density at radius 3 is 1.25 bits per heavy atom. The number of allylic oxidation sites excluding steroid dienone is 1. The van der Waals surface area contributed by atoms with Gasteiger partial charge in [0.05, 0.1) is 77.6 Å². The average Bonchev–Trinajstić information content (AvgIpc) is 0.795. The first-order chi connectivity index (χ1) is 47.1. The lowest BCUT2D eigenvalue weighted by Gasteiger charge is -2.30. The number of carbonyl (C=O) groups is 8. The van der Waals surface area contributed by atoms with E-state index in [1.165, 1.54) is 99.1 Å². The smallest absolute Gasteiger partial charge is 0.350 e. The molecule has 0 radical (unpaired) electrons. The zero-order valence-electron chi connectivity index (χ0n) is 56.5. The Kier molecular flexibility index (Phi) is 33.6. The van der Waals surface area contributed by atoms with Crippen LogP contribution in [0.3, 0.4) is 0 Å². The van der Waals surface area contributed by atoms with E-state index in [4.69, 9.17) is 52.8 Å². The largest absolute Gasteiger partial charge is 0.481 e. The summed E-state index contributed by atoms with van der Waals surface area (Å²) in [6.07, 6.45) is 11.3. The maximum atomic E-state index is 12.1. The number of H-pyrrole nitrogens is 2. The number of hydrogen-bond acceptors (Lipinski definition) is 23. The van der Waals surface area contributed by atoms with Crippen molar-refractivity contribution in [3.8, 4) is 70.9 Å². The minimum Gasteiger partial charge on any atom is -0.481 e. The molecule has 8 rings (SSSR count). The zero-order chi connectivity index (χ0) is 73.7.